The second kappa shape index (κ2) is 5.94. The summed E-state index contributed by atoms with van der Waals surface area (Å²) < 4.78 is 0. The van der Waals surface area contributed by atoms with E-state index in [0.29, 0.717) is 6.17 Å². The summed E-state index contributed by atoms with van der Waals surface area (Å²) in [4.78, 5) is 4.94. The molecule has 1 aliphatic rings. The first-order chi connectivity index (χ1) is 6.83. The maximum absolute atomic E-state index is 2.50. The normalized spacial score (nSPS) is 20.9. The molecule has 0 aromatic carbocycles. The molecule has 0 spiro atoms. The van der Waals surface area contributed by atoms with Crippen LogP contribution in [0.15, 0.2) is 12.4 Å². The Hall–Kier alpha value is -0.660. The lowest BCUT2D eigenvalue weighted by Crippen LogP contribution is -2.38. The summed E-state index contributed by atoms with van der Waals surface area (Å²) in [6, 6.07) is 0. The molecule has 1 heterocycles. The van der Waals surface area contributed by atoms with E-state index in [1.165, 1.54) is 32.2 Å². The van der Waals surface area contributed by atoms with Crippen molar-refractivity contribution in [3.63, 3.8) is 0 Å². The average molecular weight is 196 g/mol. The quantitative estimate of drug-likeness (QED) is 0.644. The third-order valence-corrected chi connectivity index (χ3v) is 2.90. The van der Waals surface area contributed by atoms with Gasteiger partial charge in [-0.25, -0.2) is 0 Å². The smallest absolute Gasteiger partial charge is 0.101 e. The molecular formula is C12H24N2. The average Bonchev–Trinajstić information content (AvgIpc) is 2.58. The van der Waals surface area contributed by atoms with Crippen molar-refractivity contribution in [3.05, 3.63) is 12.4 Å². The van der Waals surface area contributed by atoms with Crippen LogP contribution >= 0.6 is 0 Å². The Kier molecular flexibility index (Phi) is 4.85. The van der Waals surface area contributed by atoms with Crippen LogP contribution in [0.4, 0.5) is 0 Å². The van der Waals surface area contributed by atoms with Gasteiger partial charge in [0.25, 0.3) is 0 Å². The van der Waals surface area contributed by atoms with E-state index in [9.17, 15) is 0 Å². The second-order valence-corrected chi connectivity index (χ2v) is 3.99. The van der Waals surface area contributed by atoms with E-state index in [2.05, 4.69) is 43.0 Å². The summed E-state index contributed by atoms with van der Waals surface area (Å²) in [5.74, 6) is 0. The number of unbranched alkanes of at least 4 members (excludes halogenated alkanes) is 1. The van der Waals surface area contributed by atoms with Gasteiger partial charge in [-0.15, -0.1) is 0 Å². The van der Waals surface area contributed by atoms with Gasteiger partial charge in [-0.2, -0.15) is 0 Å². The Bertz CT molecular complexity index is 177. The third kappa shape index (κ3) is 2.66. The van der Waals surface area contributed by atoms with Crippen LogP contribution in [-0.2, 0) is 0 Å². The largest absolute Gasteiger partial charge is 0.356 e. The molecule has 0 saturated heterocycles. The van der Waals surface area contributed by atoms with Crippen LogP contribution in [-0.4, -0.2) is 29.1 Å². The van der Waals surface area contributed by atoms with Crippen molar-refractivity contribution in [2.24, 2.45) is 0 Å². The fourth-order valence-electron chi connectivity index (χ4n) is 2.03. The van der Waals surface area contributed by atoms with Crippen LogP contribution < -0.4 is 0 Å². The van der Waals surface area contributed by atoms with E-state index in [1.807, 2.05) is 0 Å². The zero-order chi connectivity index (χ0) is 10.4. The predicted octanol–water partition coefficient (Wildman–Crippen LogP) is 3.02. The molecular weight excluding hydrogens is 172 g/mol. The molecule has 0 aromatic heterocycles. The topological polar surface area (TPSA) is 6.48 Å². The van der Waals surface area contributed by atoms with Gasteiger partial charge in [0, 0.05) is 25.5 Å². The maximum atomic E-state index is 2.50. The van der Waals surface area contributed by atoms with E-state index < -0.39 is 0 Å². The number of hydrogen-bond acceptors (Lipinski definition) is 2. The van der Waals surface area contributed by atoms with Crippen LogP contribution in [0, 0.1) is 0 Å². The molecule has 0 saturated carbocycles. The van der Waals surface area contributed by atoms with Crippen LogP contribution in [0.1, 0.15) is 46.5 Å². The highest BCUT2D eigenvalue weighted by molar-refractivity contribution is 4.96. The number of rotatable bonds is 6. The minimum Gasteiger partial charge on any atom is -0.356 e. The monoisotopic (exact) mass is 196 g/mol. The van der Waals surface area contributed by atoms with E-state index >= 15 is 0 Å². The minimum atomic E-state index is 0.636. The lowest BCUT2D eigenvalue weighted by Gasteiger charge is -2.32. The molecule has 1 unspecified atom stereocenters. The second-order valence-electron chi connectivity index (χ2n) is 3.99. The summed E-state index contributed by atoms with van der Waals surface area (Å²) >= 11 is 0. The molecule has 2 heteroatoms. The van der Waals surface area contributed by atoms with Crippen LogP contribution in [0.25, 0.3) is 0 Å². The van der Waals surface area contributed by atoms with Crippen molar-refractivity contribution >= 4 is 0 Å². The molecule has 0 bridgehead atoms. The molecule has 0 N–H and O–H groups in total. The zero-order valence-electron chi connectivity index (χ0n) is 9.87. The molecule has 1 rings (SSSR count). The van der Waals surface area contributed by atoms with Gasteiger partial charge < -0.3 is 9.80 Å². The first kappa shape index (κ1) is 11.4. The molecule has 1 aliphatic heterocycles. The highest BCUT2D eigenvalue weighted by Crippen LogP contribution is 2.20. The molecule has 0 radical (unpaired) electrons. The zero-order valence-corrected chi connectivity index (χ0v) is 9.87. The Balaban J connectivity index is 2.44. The number of hydrogen-bond donors (Lipinski definition) is 0. The Morgan fingerprint density at radius 2 is 1.71 bits per heavy atom. The lowest BCUT2D eigenvalue weighted by molar-refractivity contribution is 0.145. The first-order valence-corrected chi connectivity index (χ1v) is 6.03. The fourth-order valence-corrected chi connectivity index (χ4v) is 2.03. The van der Waals surface area contributed by atoms with E-state index in [4.69, 9.17) is 0 Å². The molecule has 0 aromatic rings. The number of nitrogens with zero attached hydrogens (tertiary/aromatic N) is 2. The Morgan fingerprint density at radius 1 is 1.00 bits per heavy atom. The van der Waals surface area contributed by atoms with Crippen molar-refractivity contribution in [3.8, 4) is 0 Å². The van der Waals surface area contributed by atoms with Crippen LogP contribution in [0.2, 0.25) is 0 Å². The van der Waals surface area contributed by atoms with Crippen molar-refractivity contribution in [2.75, 3.05) is 13.1 Å². The van der Waals surface area contributed by atoms with Gasteiger partial charge >= 0.3 is 0 Å². The molecule has 2 nitrogen and oxygen atoms in total. The van der Waals surface area contributed by atoms with Crippen molar-refractivity contribution in [2.45, 2.75) is 52.6 Å². The van der Waals surface area contributed by atoms with Gasteiger partial charge in [0.05, 0.1) is 0 Å². The summed E-state index contributed by atoms with van der Waals surface area (Å²) in [7, 11) is 0. The minimum absolute atomic E-state index is 0.636. The van der Waals surface area contributed by atoms with Gasteiger partial charge in [0.2, 0.25) is 0 Å². The Labute approximate surface area is 88.6 Å². The molecule has 82 valence electrons. The molecule has 0 amide bonds. The highest BCUT2D eigenvalue weighted by Gasteiger charge is 2.23. The SMILES string of the molecule is CCCCN1C=CN(CC)C1CCC. The summed E-state index contributed by atoms with van der Waals surface area (Å²) in [6.07, 6.45) is 10.3. The van der Waals surface area contributed by atoms with E-state index in [0.717, 1.165) is 6.54 Å². The van der Waals surface area contributed by atoms with E-state index in [-0.39, 0.29) is 0 Å². The third-order valence-electron chi connectivity index (χ3n) is 2.90. The molecule has 14 heavy (non-hydrogen) atoms. The maximum Gasteiger partial charge on any atom is 0.101 e. The van der Waals surface area contributed by atoms with Gasteiger partial charge in [-0.1, -0.05) is 26.7 Å². The summed E-state index contributed by atoms with van der Waals surface area (Å²) in [6.45, 7) is 9.10. The summed E-state index contributed by atoms with van der Waals surface area (Å²) in [5.41, 5.74) is 0. The molecule has 0 fully saturated rings. The van der Waals surface area contributed by atoms with Gasteiger partial charge in [0.15, 0.2) is 0 Å². The molecule has 0 aliphatic carbocycles. The highest BCUT2D eigenvalue weighted by atomic mass is 15.4. The van der Waals surface area contributed by atoms with Crippen molar-refractivity contribution in [1.82, 2.24) is 9.80 Å². The van der Waals surface area contributed by atoms with Crippen LogP contribution in [0.3, 0.4) is 0 Å². The van der Waals surface area contributed by atoms with Crippen molar-refractivity contribution < 1.29 is 0 Å². The predicted molar refractivity (Wildman–Crippen MR) is 61.8 cm³/mol. The molecule has 1 atom stereocenters. The summed E-state index contributed by atoms with van der Waals surface area (Å²) in [5, 5.41) is 0. The van der Waals surface area contributed by atoms with E-state index in [1.54, 1.807) is 0 Å². The van der Waals surface area contributed by atoms with Gasteiger partial charge in [-0.05, 0) is 19.8 Å². The Morgan fingerprint density at radius 3 is 2.29 bits per heavy atom. The van der Waals surface area contributed by atoms with Gasteiger partial charge in [-0.3, -0.25) is 0 Å². The first-order valence-electron chi connectivity index (χ1n) is 6.03. The fraction of sp³-hybridized carbons (Fsp3) is 0.833. The van der Waals surface area contributed by atoms with Crippen molar-refractivity contribution in [1.29, 1.82) is 0 Å². The van der Waals surface area contributed by atoms with Gasteiger partial charge in [0.1, 0.15) is 6.17 Å². The van der Waals surface area contributed by atoms with Crippen LogP contribution in [0.5, 0.6) is 0 Å². The lowest BCUT2D eigenvalue weighted by atomic mass is 10.2. The standard InChI is InChI=1S/C12H24N2/c1-4-7-9-14-11-10-13(6-3)12(14)8-5-2/h10-12H,4-9H2,1-3H3.